The van der Waals surface area contributed by atoms with Crippen LogP contribution in [0.15, 0.2) is 17.0 Å². The number of sulfonamides is 1. The van der Waals surface area contributed by atoms with Crippen LogP contribution in [0.25, 0.3) is 0 Å². The average Bonchev–Trinajstić information content (AvgIpc) is 2.32. The highest BCUT2D eigenvalue weighted by molar-refractivity contribution is 7.89. The van der Waals surface area contributed by atoms with Crippen molar-refractivity contribution < 1.29 is 13.5 Å². The first kappa shape index (κ1) is 15.9. The summed E-state index contributed by atoms with van der Waals surface area (Å²) in [5.41, 5.74) is 7.43. The maximum Gasteiger partial charge on any atom is 0.242 e. The van der Waals surface area contributed by atoms with Crippen molar-refractivity contribution in [2.24, 2.45) is 0 Å². The van der Waals surface area contributed by atoms with Crippen LogP contribution in [0.3, 0.4) is 0 Å². The Balaban J connectivity index is 2.98. The first-order chi connectivity index (χ1) is 8.79. The number of hydrogen-bond donors (Lipinski definition) is 3. The number of nitrogen functional groups attached to an aromatic ring is 1. The lowest BCUT2D eigenvalue weighted by atomic mass is 10.1. The lowest BCUT2D eigenvalue weighted by Crippen LogP contribution is -2.33. The normalized spacial score (nSPS) is 13.5. The van der Waals surface area contributed by atoms with Gasteiger partial charge in [0, 0.05) is 6.54 Å². The summed E-state index contributed by atoms with van der Waals surface area (Å²) in [7, 11) is -3.69. The molecular formula is C13H22N2O3S. The van der Waals surface area contributed by atoms with Crippen LogP contribution in [0.1, 0.15) is 30.9 Å². The molecule has 0 radical (unpaired) electrons. The summed E-state index contributed by atoms with van der Waals surface area (Å²) in [5.74, 6) is 0. The number of aliphatic hydroxyl groups excluding tert-OH is 1. The Morgan fingerprint density at radius 3 is 2.47 bits per heavy atom. The third-order valence-corrected chi connectivity index (χ3v) is 4.64. The molecule has 0 saturated heterocycles. The first-order valence-corrected chi connectivity index (χ1v) is 7.81. The minimum Gasteiger partial charge on any atom is -0.397 e. The molecule has 0 aromatic heterocycles. The number of aliphatic hydroxyl groups is 1. The second-order valence-corrected chi connectivity index (χ2v) is 6.44. The molecule has 1 unspecified atom stereocenters. The molecule has 1 rings (SSSR count). The fourth-order valence-electron chi connectivity index (χ4n) is 1.88. The Kier molecular flexibility index (Phi) is 5.34. The molecule has 0 amide bonds. The average molecular weight is 286 g/mol. The van der Waals surface area contributed by atoms with Gasteiger partial charge in [-0.1, -0.05) is 25.5 Å². The lowest BCUT2D eigenvalue weighted by molar-refractivity contribution is 0.167. The van der Waals surface area contributed by atoms with E-state index >= 15 is 0 Å². The Hall–Kier alpha value is -1.11. The largest absolute Gasteiger partial charge is 0.397 e. The zero-order valence-corrected chi connectivity index (χ0v) is 12.4. The van der Waals surface area contributed by atoms with Gasteiger partial charge >= 0.3 is 0 Å². The number of anilines is 1. The number of nitrogens with one attached hydrogen (secondary N) is 1. The Morgan fingerprint density at radius 2 is 1.89 bits per heavy atom. The van der Waals surface area contributed by atoms with E-state index in [0.717, 1.165) is 12.0 Å². The maximum atomic E-state index is 12.2. The standard InChI is InChI=1S/C13H22N2O3S/c1-4-5-11(16)8-15-19(17,18)13-10(3)7-6-9(2)12(13)14/h6-7,11,15-16H,4-5,8,14H2,1-3H3. The van der Waals surface area contributed by atoms with Gasteiger partial charge in [-0.25, -0.2) is 13.1 Å². The van der Waals surface area contributed by atoms with Gasteiger partial charge < -0.3 is 10.8 Å². The topological polar surface area (TPSA) is 92.4 Å². The molecule has 1 aromatic carbocycles. The molecule has 0 spiro atoms. The molecule has 6 heteroatoms. The number of benzene rings is 1. The van der Waals surface area contributed by atoms with Crippen LogP contribution in [-0.4, -0.2) is 26.2 Å². The van der Waals surface area contributed by atoms with Gasteiger partial charge in [-0.15, -0.1) is 0 Å². The summed E-state index contributed by atoms with van der Waals surface area (Å²) < 4.78 is 26.9. The van der Waals surface area contributed by atoms with Crippen molar-refractivity contribution in [3.05, 3.63) is 23.3 Å². The van der Waals surface area contributed by atoms with Crippen molar-refractivity contribution in [3.8, 4) is 0 Å². The summed E-state index contributed by atoms with van der Waals surface area (Å²) in [4.78, 5) is 0.108. The van der Waals surface area contributed by atoms with E-state index in [1.54, 1.807) is 26.0 Å². The van der Waals surface area contributed by atoms with Crippen LogP contribution in [0, 0.1) is 13.8 Å². The van der Waals surface area contributed by atoms with Crippen molar-refractivity contribution in [2.45, 2.75) is 44.6 Å². The molecule has 0 saturated carbocycles. The zero-order valence-electron chi connectivity index (χ0n) is 11.6. The van der Waals surface area contributed by atoms with Gasteiger partial charge in [-0.3, -0.25) is 0 Å². The van der Waals surface area contributed by atoms with E-state index in [0.29, 0.717) is 12.0 Å². The number of hydrogen-bond acceptors (Lipinski definition) is 4. The third-order valence-electron chi connectivity index (χ3n) is 3.01. The van der Waals surface area contributed by atoms with E-state index < -0.39 is 16.1 Å². The van der Waals surface area contributed by atoms with Gasteiger partial charge in [0.15, 0.2) is 0 Å². The van der Waals surface area contributed by atoms with E-state index in [9.17, 15) is 13.5 Å². The highest BCUT2D eigenvalue weighted by Gasteiger charge is 2.21. The molecule has 1 aromatic rings. The van der Waals surface area contributed by atoms with Crippen LogP contribution < -0.4 is 10.5 Å². The van der Waals surface area contributed by atoms with Gasteiger partial charge in [0.25, 0.3) is 0 Å². The fraction of sp³-hybridized carbons (Fsp3) is 0.538. The molecule has 0 aliphatic rings. The van der Waals surface area contributed by atoms with Gasteiger partial charge in [0.2, 0.25) is 10.0 Å². The van der Waals surface area contributed by atoms with Crippen LogP contribution in [0.2, 0.25) is 0 Å². The van der Waals surface area contributed by atoms with E-state index in [1.165, 1.54) is 0 Å². The Bertz CT molecular complexity index is 541. The second kappa shape index (κ2) is 6.36. The highest BCUT2D eigenvalue weighted by Crippen LogP contribution is 2.25. The number of rotatable bonds is 6. The molecule has 0 heterocycles. The first-order valence-electron chi connectivity index (χ1n) is 6.33. The van der Waals surface area contributed by atoms with Gasteiger partial charge in [0.05, 0.1) is 11.8 Å². The summed E-state index contributed by atoms with van der Waals surface area (Å²) in [5, 5.41) is 9.59. The summed E-state index contributed by atoms with van der Waals surface area (Å²) in [6, 6.07) is 3.51. The van der Waals surface area contributed by atoms with Crippen molar-refractivity contribution in [2.75, 3.05) is 12.3 Å². The summed E-state index contributed by atoms with van der Waals surface area (Å²) >= 11 is 0. The fourth-order valence-corrected chi connectivity index (χ4v) is 3.38. The van der Waals surface area contributed by atoms with E-state index in [2.05, 4.69) is 4.72 Å². The molecular weight excluding hydrogens is 264 g/mol. The van der Waals surface area contributed by atoms with Crippen LogP contribution in [-0.2, 0) is 10.0 Å². The summed E-state index contributed by atoms with van der Waals surface area (Å²) in [6.07, 6.45) is 0.686. The smallest absolute Gasteiger partial charge is 0.242 e. The van der Waals surface area contributed by atoms with E-state index in [4.69, 9.17) is 5.73 Å². The van der Waals surface area contributed by atoms with Gasteiger partial charge in [-0.2, -0.15) is 0 Å². The van der Waals surface area contributed by atoms with E-state index in [-0.39, 0.29) is 17.1 Å². The van der Waals surface area contributed by atoms with E-state index in [1.807, 2.05) is 6.92 Å². The van der Waals surface area contributed by atoms with Gasteiger partial charge in [0.1, 0.15) is 4.90 Å². The third kappa shape index (κ3) is 3.92. The molecule has 0 fully saturated rings. The Morgan fingerprint density at radius 1 is 1.32 bits per heavy atom. The van der Waals surface area contributed by atoms with Crippen molar-refractivity contribution >= 4 is 15.7 Å². The maximum absolute atomic E-state index is 12.2. The van der Waals surface area contributed by atoms with Crippen LogP contribution >= 0.6 is 0 Å². The predicted octanol–water partition coefficient (Wildman–Crippen LogP) is 1.32. The number of nitrogens with two attached hydrogens (primary N) is 1. The molecule has 0 aliphatic carbocycles. The summed E-state index contributed by atoms with van der Waals surface area (Å²) in [6.45, 7) is 5.40. The molecule has 108 valence electrons. The predicted molar refractivity (Wildman–Crippen MR) is 76.4 cm³/mol. The SMILES string of the molecule is CCCC(O)CNS(=O)(=O)c1c(C)ccc(C)c1N. The van der Waals surface area contributed by atoms with Crippen molar-refractivity contribution in [1.82, 2.24) is 4.72 Å². The van der Waals surface area contributed by atoms with Crippen molar-refractivity contribution in [1.29, 1.82) is 0 Å². The van der Waals surface area contributed by atoms with Gasteiger partial charge in [-0.05, 0) is 31.4 Å². The second-order valence-electron chi connectivity index (χ2n) is 4.74. The Labute approximate surface area is 114 Å². The minimum atomic E-state index is -3.69. The quantitative estimate of drug-likeness (QED) is 0.688. The number of aryl methyl sites for hydroxylation is 2. The molecule has 4 N–H and O–H groups in total. The molecule has 5 nitrogen and oxygen atoms in total. The zero-order chi connectivity index (χ0) is 14.6. The highest BCUT2D eigenvalue weighted by atomic mass is 32.2. The lowest BCUT2D eigenvalue weighted by Gasteiger charge is -2.15. The molecule has 1 atom stereocenters. The minimum absolute atomic E-state index is 0.00297. The monoisotopic (exact) mass is 286 g/mol. The van der Waals surface area contributed by atoms with Crippen molar-refractivity contribution in [3.63, 3.8) is 0 Å². The van der Waals surface area contributed by atoms with Crippen LogP contribution in [0.5, 0.6) is 0 Å². The molecule has 0 aliphatic heterocycles. The molecule has 19 heavy (non-hydrogen) atoms. The molecule has 0 bridgehead atoms. The van der Waals surface area contributed by atoms with Crippen LogP contribution in [0.4, 0.5) is 5.69 Å².